The molecule has 1 N–H and O–H groups in total. The van der Waals surface area contributed by atoms with Gasteiger partial charge in [0.15, 0.2) is 8.32 Å². The molecule has 2 aromatic rings. The first-order valence-corrected chi connectivity index (χ1v) is 12.7. The minimum Gasteiger partial charge on any atom is -0.409 e. The molecule has 8 heteroatoms. The van der Waals surface area contributed by atoms with Crippen LogP contribution in [-0.2, 0) is 11.0 Å². The number of nitrogens with zero attached hydrogens (tertiary/aromatic N) is 1. The van der Waals surface area contributed by atoms with Crippen molar-refractivity contribution >= 4 is 31.5 Å². The zero-order chi connectivity index (χ0) is 20.7. The fourth-order valence-electron chi connectivity index (χ4n) is 3.29. The van der Waals surface area contributed by atoms with E-state index in [4.69, 9.17) is 27.6 Å². The quantitative estimate of drug-likeness (QED) is 0.421. The van der Waals surface area contributed by atoms with Gasteiger partial charge in [0.1, 0.15) is 11.6 Å². The van der Waals surface area contributed by atoms with E-state index in [1.807, 2.05) is 0 Å². The summed E-state index contributed by atoms with van der Waals surface area (Å²) in [5.74, 6) is -1.20. The summed E-state index contributed by atoms with van der Waals surface area (Å²) < 4.78 is 33.5. The molecule has 2 rings (SSSR count). The highest BCUT2D eigenvalue weighted by molar-refractivity contribution is 6.73. The predicted molar refractivity (Wildman–Crippen MR) is 113 cm³/mol. The molecule has 0 bridgehead atoms. The smallest absolute Gasteiger partial charge is 0.192 e. The van der Waals surface area contributed by atoms with E-state index in [-0.39, 0.29) is 6.10 Å². The molecule has 28 heavy (non-hydrogen) atoms. The lowest BCUT2D eigenvalue weighted by molar-refractivity contribution is 0.186. The van der Waals surface area contributed by atoms with Crippen molar-refractivity contribution in [3.8, 4) is 0 Å². The summed E-state index contributed by atoms with van der Waals surface area (Å²) in [7, 11) is -1.95. The molecule has 0 spiro atoms. The van der Waals surface area contributed by atoms with Crippen molar-refractivity contribution in [3.63, 3.8) is 0 Å². The van der Waals surface area contributed by atoms with Gasteiger partial charge in [-0.2, -0.15) is 0 Å². The Bertz CT molecular complexity index is 742. The molecule has 3 nitrogen and oxygen atoms in total. The SMILES string of the molecule is CC[Si](CC)(CC)OC(CNCc1cc(F)cc(F)c1)c1c(Cl)cncc1Cl. The Labute approximate surface area is 176 Å². The van der Waals surface area contributed by atoms with Crippen LogP contribution in [0.5, 0.6) is 0 Å². The fraction of sp³-hybridized carbons (Fsp3) is 0.450. The molecular weight excluding hydrogens is 421 g/mol. The molecule has 0 radical (unpaired) electrons. The first-order chi connectivity index (χ1) is 13.3. The zero-order valence-corrected chi connectivity index (χ0v) is 18.9. The number of pyridine rings is 1. The molecule has 0 amide bonds. The standard InChI is InChI=1S/C20H26Cl2F2N2OSi/c1-4-28(5-2,6-3)27-19(20-17(21)11-26-12-18(20)22)13-25-10-14-7-15(23)9-16(24)8-14/h7-9,11-12,19,25H,4-6,10,13H2,1-3H3. The maximum Gasteiger partial charge on any atom is 0.192 e. The van der Waals surface area contributed by atoms with Crippen LogP contribution in [0, 0.1) is 11.6 Å². The number of rotatable bonds is 10. The second kappa shape index (κ2) is 10.6. The number of nitrogens with one attached hydrogen (secondary N) is 1. The maximum atomic E-state index is 13.4. The molecule has 0 aliphatic heterocycles. The molecule has 1 atom stereocenters. The van der Waals surface area contributed by atoms with Gasteiger partial charge in [-0.3, -0.25) is 4.98 Å². The lowest BCUT2D eigenvalue weighted by Gasteiger charge is -2.34. The summed E-state index contributed by atoms with van der Waals surface area (Å²) in [4.78, 5) is 4.02. The van der Waals surface area contributed by atoms with E-state index in [0.717, 1.165) is 24.2 Å². The minimum absolute atomic E-state index is 0.299. The first-order valence-electron chi connectivity index (χ1n) is 9.46. The molecule has 0 fully saturated rings. The number of aromatic nitrogens is 1. The van der Waals surface area contributed by atoms with Crippen LogP contribution in [0.3, 0.4) is 0 Å². The average molecular weight is 447 g/mol. The van der Waals surface area contributed by atoms with Crippen LogP contribution in [0.4, 0.5) is 8.78 Å². The van der Waals surface area contributed by atoms with Gasteiger partial charge in [-0.05, 0) is 35.8 Å². The molecule has 0 aliphatic rings. The monoisotopic (exact) mass is 446 g/mol. The summed E-state index contributed by atoms with van der Waals surface area (Å²) in [6.07, 6.45) is 2.73. The molecule has 0 saturated carbocycles. The Kier molecular flexibility index (Phi) is 8.83. The van der Waals surface area contributed by atoms with Crippen molar-refractivity contribution in [2.45, 2.75) is 51.6 Å². The van der Waals surface area contributed by atoms with Gasteiger partial charge in [0.25, 0.3) is 0 Å². The van der Waals surface area contributed by atoms with Gasteiger partial charge < -0.3 is 9.74 Å². The average Bonchev–Trinajstić information content (AvgIpc) is 2.65. The number of halogens is 4. The van der Waals surface area contributed by atoms with Crippen molar-refractivity contribution in [3.05, 3.63) is 63.4 Å². The molecule has 1 aromatic carbocycles. The van der Waals surface area contributed by atoms with Gasteiger partial charge in [0, 0.05) is 37.1 Å². The summed E-state index contributed by atoms with van der Waals surface area (Å²) in [6, 6.07) is 6.41. The van der Waals surface area contributed by atoms with E-state index in [9.17, 15) is 8.78 Å². The highest BCUT2D eigenvalue weighted by atomic mass is 35.5. The van der Waals surface area contributed by atoms with E-state index in [2.05, 4.69) is 31.1 Å². The van der Waals surface area contributed by atoms with Gasteiger partial charge >= 0.3 is 0 Å². The summed E-state index contributed by atoms with van der Waals surface area (Å²) in [6.45, 7) is 7.16. The van der Waals surface area contributed by atoms with Crippen LogP contribution in [0.15, 0.2) is 30.6 Å². The predicted octanol–water partition coefficient (Wildman–Crippen LogP) is 6.52. The molecule has 154 valence electrons. The summed E-state index contributed by atoms with van der Waals surface area (Å²) in [5, 5.41) is 4.12. The second-order valence-electron chi connectivity index (χ2n) is 6.78. The molecule has 0 aliphatic carbocycles. The van der Waals surface area contributed by atoms with Crippen molar-refractivity contribution in [2.24, 2.45) is 0 Å². The van der Waals surface area contributed by atoms with Crippen molar-refractivity contribution in [1.29, 1.82) is 0 Å². The van der Waals surface area contributed by atoms with E-state index < -0.39 is 20.0 Å². The van der Waals surface area contributed by atoms with Crippen LogP contribution in [0.1, 0.15) is 38.0 Å². The Hall–Kier alpha value is -1.05. The zero-order valence-electron chi connectivity index (χ0n) is 16.4. The molecule has 1 unspecified atom stereocenters. The van der Waals surface area contributed by atoms with Crippen LogP contribution in [0.25, 0.3) is 0 Å². The number of hydrogen-bond acceptors (Lipinski definition) is 3. The Morgan fingerprint density at radius 1 is 1.00 bits per heavy atom. The summed E-state index contributed by atoms with van der Waals surface area (Å²) >= 11 is 12.8. The van der Waals surface area contributed by atoms with Gasteiger partial charge in [0.05, 0.1) is 16.1 Å². The molecule has 1 heterocycles. The highest BCUT2D eigenvalue weighted by Gasteiger charge is 2.34. The maximum absolute atomic E-state index is 13.4. The Balaban J connectivity index is 2.23. The van der Waals surface area contributed by atoms with E-state index in [1.54, 1.807) is 12.4 Å². The second-order valence-corrected chi connectivity index (χ2v) is 12.3. The highest BCUT2D eigenvalue weighted by Crippen LogP contribution is 2.36. The third-order valence-electron chi connectivity index (χ3n) is 5.12. The van der Waals surface area contributed by atoms with Crippen LogP contribution in [0.2, 0.25) is 28.2 Å². The van der Waals surface area contributed by atoms with Crippen molar-refractivity contribution in [2.75, 3.05) is 6.54 Å². The Morgan fingerprint density at radius 2 is 1.54 bits per heavy atom. The lowest BCUT2D eigenvalue weighted by atomic mass is 10.1. The fourth-order valence-corrected chi connectivity index (χ4v) is 6.71. The normalized spacial score (nSPS) is 13.0. The van der Waals surface area contributed by atoms with Crippen molar-refractivity contribution < 1.29 is 13.2 Å². The topological polar surface area (TPSA) is 34.1 Å². The third kappa shape index (κ3) is 5.97. The van der Waals surface area contributed by atoms with Gasteiger partial charge in [-0.15, -0.1) is 0 Å². The van der Waals surface area contributed by atoms with Crippen LogP contribution < -0.4 is 5.32 Å². The lowest BCUT2D eigenvalue weighted by Crippen LogP contribution is -2.40. The number of hydrogen-bond donors (Lipinski definition) is 1. The van der Waals surface area contributed by atoms with E-state index >= 15 is 0 Å². The first kappa shape index (κ1) is 23.2. The van der Waals surface area contributed by atoms with E-state index in [1.165, 1.54) is 12.1 Å². The minimum atomic E-state index is -1.95. The van der Waals surface area contributed by atoms with Gasteiger partial charge in [-0.1, -0.05) is 44.0 Å². The third-order valence-corrected chi connectivity index (χ3v) is 10.4. The number of benzene rings is 1. The van der Waals surface area contributed by atoms with Crippen molar-refractivity contribution in [1.82, 2.24) is 10.3 Å². The van der Waals surface area contributed by atoms with E-state index in [0.29, 0.717) is 34.3 Å². The van der Waals surface area contributed by atoms with Gasteiger partial charge in [0.2, 0.25) is 0 Å². The Morgan fingerprint density at radius 3 is 2.04 bits per heavy atom. The summed E-state index contributed by atoms with van der Waals surface area (Å²) in [5.41, 5.74) is 1.22. The van der Waals surface area contributed by atoms with Crippen LogP contribution >= 0.6 is 23.2 Å². The van der Waals surface area contributed by atoms with Crippen LogP contribution in [-0.4, -0.2) is 19.8 Å². The molecular formula is C20H26Cl2F2N2OSi. The molecule has 1 aromatic heterocycles. The van der Waals surface area contributed by atoms with Gasteiger partial charge in [-0.25, -0.2) is 8.78 Å². The molecule has 0 saturated heterocycles. The largest absolute Gasteiger partial charge is 0.409 e.